The van der Waals surface area contributed by atoms with Gasteiger partial charge in [0.15, 0.2) is 0 Å². The average Bonchev–Trinajstić information content (AvgIpc) is 3.11. The lowest BCUT2D eigenvalue weighted by Gasteiger charge is -2.43. The van der Waals surface area contributed by atoms with E-state index in [0.29, 0.717) is 0 Å². The van der Waals surface area contributed by atoms with E-state index >= 15 is 0 Å². The van der Waals surface area contributed by atoms with Gasteiger partial charge in [0.2, 0.25) is 0 Å². The minimum absolute atomic E-state index is 0.207. The Hall–Kier alpha value is -1.85. The summed E-state index contributed by atoms with van der Waals surface area (Å²) in [5.41, 5.74) is 3.24. The van der Waals surface area contributed by atoms with E-state index in [0.717, 1.165) is 55.2 Å². The smallest absolute Gasteiger partial charge is 0.254 e. The first-order chi connectivity index (χ1) is 13.8. The zero-order valence-corrected chi connectivity index (χ0v) is 16.8. The first kappa shape index (κ1) is 18.2. The van der Waals surface area contributed by atoms with Crippen LogP contribution in [0.15, 0.2) is 24.4 Å². The molecule has 5 rings (SSSR count). The first-order valence-corrected chi connectivity index (χ1v) is 11.1. The van der Waals surface area contributed by atoms with Crippen LogP contribution in [0.25, 0.3) is 10.9 Å². The highest BCUT2D eigenvalue weighted by molar-refractivity contribution is 6.07. The second kappa shape index (κ2) is 7.88. The Labute approximate surface area is 167 Å². The van der Waals surface area contributed by atoms with E-state index in [9.17, 15) is 4.79 Å². The number of hydrogen-bond donors (Lipinski definition) is 1. The van der Waals surface area contributed by atoms with Gasteiger partial charge in [0.05, 0.1) is 0 Å². The predicted molar refractivity (Wildman–Crippen MR) is 113 cm³/mol. The summed E-state index contributed by atoms with van der Waals surface area (Å²) < 4.78 is 0. The molecule has 2 aromatic rings. The van der Waals surface area contributed by atoms with Gasteiger partial charge in [-0.3, -0.25) is 14.6 Å². The Bertz CT molecular complexity index is 826. The molecule has 1 saturated carbocycles. The number of amides is 1. The number of aromatic amines is 1. The number of piperazine rings is 1. The van der Waals surface area contributed by atoms with Crippen LogP contribution in [0, 0.1) is 0 Å². The summed E-state index contributed by atoms with van der Waals surface area (Å²) in [4.78, 5) is 24.0. The standard InChI is InChI=1S/C23H32N4O/c28-23(27-14-12-26(13-15-27)19-6-4-7-19)20-8-5-9-21-22(20)18(16-24-21)17-25-10-2-1-3-11-25/h5,8-9,16,19,24H,1-4,6-7,10-15,17H2. The lowest BCUT2D eigenvalue weighted by atomic mass is 9.91. The maximum absolute atomic E-state index is 13.4. The number of H-pyrrole nitrogens is 1. The molecule has 2 aliphatic heterocycles. The van der Waals surface area contributed by atoms with Crippen LogP contribution in [0.1, 0.15) is 54.4 Å². The van der Waals surface area contributed by atoms with Crippen molar-refractivity contribution in [2.24, 2.45) is 0 Å². The summed E-state index contributed by atoms with van der Waals surface area (Å²) in [6.45, 7) is 7.06. The molecule has 0 radical (unpaired) electrons. The normalized spacial score (nSPS) is 22.5. The van der Waals surface area contributed by atoms with Crippen LogP contribution in [-0.4, -0.2) is 70.9 Å². The topological polar surface area (TPSA) is 42.6 Å². The van der Waals surface area contributed by atoms with Gasteiger partial charge < -0.3 is 9.88 Å². The Morgan fingerprint density at radius 3 is 2.46 bits per heavy atom. The fraction of sp³-hybridized carbons (Fsp3) is 0.609. The van der Waals surface area contributed by atoms with Crippen molar-refractivity contribution >= 4 is 16.8 Å². The van der Waals surface area contributed by atoms with Crippen molar-refractivity contribution in [2.75, 3.05) is 39.3 Å². The predicted octanol–water partition coefficient (Wildman–Crippen LogP) is 3.46. The molecule has 3 fully saturated rings. The van der Waals surface area contributed by atoms with Gasteiger partial charge in [0, 0.05) is 61.4 Å². The van der Waals surface area contributed by atoms with E-state index < -0.39 is 0 Å². The van der Waals surface area contributed by atoms with Gasteiger partial charge >= 0.3 is 0 Å². The Morgan fingerprint density at radius 2 is 1.75 bits per heavy atom. The Morgan fingerprint density at radius 1 is 0.964 bits per heavy atom. The van der Waals surface area contributed by atoms with Crippen LogP contribution in [0.4, 0.5) is 0 Å². The second-order valence-corrected chi connectivity index (χ2v) is 8.79. The molecule has 5 heteroatoms. The summed E-state index contributed by atoms with van der Waals surface area (Å²) in [6, 6.07) is 6.92. The van der Waals surface area contributed by atoms with E-state index in [1.165, 1.54) is 57.2 Å². The number of nitrogens with zero attached hydrogens (tertiary/aromatic N) is 3. The third-order valence-electron chi connectivity index (χ3n) is 7.05. The number of piperidine rings is 1. The molecule has 0 atom stereocenters. The van der Waals surface area contributed by atoms with E-state index in [1.54, 1.807) is 0 Å². The second-order valence-electron chi connectivity index (χ2n) is 8.79. The minimum atomic E-state index is 0.207. The number of hydrogen-bond acceptors (Lipinski definition) is 3. The average molecular weight is 381 g/mol. The molecule has 28 heavy (non-hydrogen) atoms. The van der Waals surface area contributed by atoms with Crippen molar-refractivity contribution in [1.29, 1.82) is 0 Å². The van der Waals surface area contributed by atoms with Gasteiger partial charge in [-0.2, -0.15) is 0 Å². The molecule has 150 valence electrons. The van der Waals surface area contributed by atoms with E-state index in [4.69, 9.17) is 0 Å². The molecular weight excluding hydrogens is 348 g/mol. The van der Waals surface area contributed by atoms with Gasteiger partial charge in [-0.1, -0.05) is 18.9 Å². The molecule has 2 saturated heterocycles. The van der Waals surface area contributed by atoms with Crippen molar-refractivity contribution in [3.63, 3.8) is 0 Å². The number of likely N-dealkylation sites (tertiary alicyclic amines) is 1. The van der Waals surface area contributed by atoms with Gasteiger partial charge in [0.25, 0.3) is 5.91 Å². The van der Waals surface area contributed by atoms with Crippen LogP contribution < -0.4 is 0 Å². The lowest BCUT2D eigenvalue weighted by molar-refractivity contribution is 0.0457. The quantitative estimate of drug-likeness (QED) is 0.883. The van der Waals surface area contributed by atoms with Crippen molar-refractivity contribution < 1.29 is 4.79 Å². The van der Waals surface area contributed by atoms with Crippen molar-refractivity contribution in [2.45, 2.75) is 51.1 Å². The molecule has 1 N–H and O–H groups in total. The van der Waals surface area contributed by atoms with E-state index in [2.05, 4.69) is 31.9 Å². The van der Waals surface area contributed by atoms with Crippen LogP contribution in [0.5, 0.6) is 0 Å². The van der Waals surface area contributed by atoms with E-state index in [1.807, 2.05) is 12.1 Å². The summed E-state index contributed by atoms with van der Waals surface area (Å²) in [5, 5.41) is 1.14. The van der Waals surface area contributed by atoms with Crippen molar-refractivity contribution in [1.82, 2.24) is 19.7 Å². The van der Waals surface area contributed by atoms with Crippen LogP contribution in [-0.2, 0) is 6.54 Å². The maximum Gasteiger partial charge on any atom is 0.254 e. The highest BCUT2D eigenvalue weighted by Crippen LogP contribution is 2.28. The molecule has 1 amide bonds. The van der Waals surface area contributed by atoms with E-state index in [-0.39, 0.29) is 5.91 Å². The minimum Gasteiger partial charge on any atom is -0.361 e. The highest BCUT2D eigenvalue weighted by atomic mass is 16.2. The molecule has 1 aromatic carbocycles. The van der Waals surface area contributed by atoms with Crippen molar-refractivity contribution in [3.05, 3.63) is 35.5 Å². The summed E-state index contributed by atoms with van der Waals surface area (Å²) >= 11 is 0. The molecule has 5 nitrogen and oxygen atoms in total. The summed E-state index contributed by atoms with van der Waals surface area (Å²) in [7, 11) is 0. The summed E-state index contributed by atoms with van der Waals surface area (Å²) in [6.07, 6.45) is 10.1. The Kier molecular flexibility index (Phi) is 5.12. The number of aromatic nitrogens is 1. The number of carbonyl (C=O) groups excluding carboxylic acids is 1. The first-order valence-electron chi connectivity index (χ1n) is 11.1. The van der Waals surface area contributed by atoms with Crippen LogP contribution >= 0.6 is 0 Å². The zero-order valence-electron chi connectivity index (χ0n) is 16.8. The maximum atomic E-state index is 13.4. The fourth-order valence-electron chi connectivity index (χ4n) is 5.13. The highest BCUT2D eigenvalue weighted by Gasteiger charge is 2.30. The number of benzene rings is 1. The fourth-order valence-corrected chi connectivity index (χ4v) is 5.13. The van der Waals surface area contributed by atoms with Crippen LogP contribution in [0.3, 0.4) is 0 Å². The SMILES string of the molecule is O=C(c1cccc2[nH]cc(CN3CCCCC3)c12)N1CCN(C2CCC2)CC1. The van der Waals surface area contributed by atoms with Gasteiger partial charge in [0.1, 0.15) is 0 Å². The van der Waals surface area contributed by atoms with Crippen molar-refractivity contribution in [3.8, 4) is 0 Å². The summed E-state index contributed by atoms with van der Waals surface area (Å²) in [5.74, 6) is 0.207. The number of fused-ring (bicyclic) bond motifs is 1. The molecule has 1 aliphatic carbocycles. The third kappa shape index (κ3) is 3.46. The Balaban J connectivity index is 1.34. The molecule has 0 bridgehead atoms. The molecule has 3 aliphatic rings. The lowest BCUT2D eigenvalue weighted by Crippen LogP contribution is -2.53. The third-order valence-corrected chi connectivity index (χ3v) is 7.05. The number of carbonyl (C=O) groups is 1. The molecule has 1 aromatic heterocycles. The molecule has 3 heterocycles. The van der Waals surface area contributed by atoms with Gasteiger partial charge in [-0.15, -0.1) is 0 Å². The molecular formula is C23H32N4O. The molecule has 0 unspecified atom stereocenters. The largest absolute Gasteiger partial charge is 0.361 e. The molecule has 0 spiro atoms. The van der Waals surface area contributed by atoms with Crippen LogP contribution in [0.2, 0.25) is 0 Å². The number of nitrogens with one attached hydrogen (secondary N) is 1. The number of rotatable bonds is 4. The van der Waals surface area contributed by atoms with Gasteiger partial charge in [-0.25, -0.2) is 0 Å². The zero-order chi connectivity index (χ0) is 18.9. The van der Waals surface area contributed by atoms with Gasteiger partial charge in [-0.05, 0) is 56.5 Å². The monoisotopic (exact) mass is 380 g/mol.